The number of hydrogen-bond donors (Lipinski definition) is 1. The third kappa shape index (κ3) is 10.5. The lowest BCUT2D eigenvalue weighted by Crippen LogP contribution is -2.40. The largest absolute Gasteiger partial charge is 0.433 e. The van der Waals surface area contributed by atoms with Gasteiger partial charge in [-0.2, -0.15) is 13.2 Å². The maximum atomic E-state index is 12.3. The first-order chi connectivity index (χ1) is 7.98. The van der Waals surface area contributed by atoms with Crippen LogP contribution < -0.4 is 5.32 Å². The molecule has 0 aliphatic carbocycles. The molecule has 0 fully saturated rings. The normalized spacial score (nSPS) is 13.9. The molecule has 0 aliphatic heterocycles. The quantitative estimate of drug-likeness (QED) is 0.372. The molecule has 0 rings (SSSR count). The highest BCUT2D eigenvalue weighted by atomic mass is 19.4. The molecule has 0 aliphatic rings. The fourth-order valence-corrected chi connectivity index (χ4v) is 0.942. The third-order valence-electron chi connectivity index (χ3n) is 1.87. The van der Waals surface area contributed by atoms with Gasteiger partial charge in [0.1, 0.15) is 0 Å². The van der Waals surface area contributed by atoms with Gasteiger partial charge in [0.15, 0.2) is 0 Å². The molecule has 104 valence electrons. The molecule has 1 unspecified atom stereocenters. The Kier molecular flexibility index (Phi) is 9.39. The molecule has 0 saturated carbocycles. The van der Waals surface area contributed by atoms with Crippen LogP contribution in [0.4, 0.5) is 17.6 Å². The minimum atomic E-state index is -4.86. The minimum Gasteiger partial charge on any atom is -0.379 e. The Labute approximate surface area is 98.5 Å². The second kappa shape index (κ2) is 9.61. The van der Waals surface area contributed by atoms with Crippen molar-refractivity contribution < 1.29 is 27.0 Å². The van der Waals surface area contributed by atoms with Crippen LogP contribution in [0.5, 0.6) is 0 Å². The SMILES string of the molecule is CCCCOCCOCCNC(F)C(F)(F)F. The molecule has 7 heteroatoms. The zero-order valence-corrected chi connectivity index (χ0v) is 9.86. The maximum Gasteiger partial charge on any atom is 0.433 e. The van der Waals surface area contributed by atoms with E-state index >= 15 is 0 Å². The first-order valence-electron chi connectivity index (χ1n) is 5.58. The Morgan fingerprint density at radius 1 is 1.06 bits per heavy atom. The van der Waals surface area contributed by atoms with Crippen LogP contribution in [0.3, 0.4) is 0 Å². The van der Waals surface area contributed by atoms with E-state index in [1.165, 1.54) is 0 Å². The van der Waals surface area contributed by atoms with Gasteiger partial charge in [-0.25, -0.2) is 4.39 Å². The molecule has 1 atom stereocenters. The van der Waals surface area contributed by atoms with Gasteiger partial charge in [0.25, 0.3) is 0 Å². The molecule has 0 saturated heterocycles. The second-order valence-electron chi connectivity index (χ2n) is 3.44. The van der Waals surface area contributed by atoms with E-state index in [-0.39, 0.29) is 13.2 Å². The lowest BCUT2D eigenvalue weighted by Gasteiger charge is -2.13. The van der Waals surface area contributed by atoms with Crippen LogP contribution in [0.15, 0.2) is 0 Å². The van der Waals surface area contributed by atoms with Gasteiger partial charge in [-0.1, -0.05) is 13.3 Å². The number of alkyl halides is 4. The monoisotopic (exact) mass is 261 g/mol. The summed E-state index contributed by atoms with van der Waals surface area (Å²) in [5.74, 6) is 0. The zero-order valence-electron chi connectivity index (χ0n) is 9.86. The summed E-state index contributed by atoms with van der Waals surface area (Å²) in [6.45, 7) is 3.23. The minimum absolute atomic E-state index is 0.0215. The van der Waals surface area contributed by atoms with Crippen molar-refractivity contribution in [2.24, 2.45) is 0 Å². The Balaban J connectivity index is 3.19. The molecule has 0 spiro atoms. The molecular weight excluding hydrogens is 242 g/mol. The van der Waals surface area contributed by atoms with Crippen LogP contribution in [0.2, 0.25) is 0 Å². The summed E-state index contributed by atoms with van der Waals surface area (Å²) in [6, 6.07) is 0. The highest BCUT2D eigenvalue weighted by Gasteiger charge is 2.39. The Bertz CT molecular complexity index is 178. The smallest absolute Gasteiger partial charge is 0.379 e. The highest BCUT2D eigenvalue weighted by Crippen LogP contribution is 2.20. The Morgan fingerprint density at radius 2 is 1.65 bits per heavy atom. The lowest BCUT2D eigenvalue weighted by molar-refractivity contribution is -0.189. The molecule has 0 heterocycles. The summed E-state index contributed by atoms with van der Waals surface area (Å²) in [5, 5.41) is 1.68. The molecule has 0 bridgehead atoms. The van der Waals surface area contributed by atoms with Gasteiger partial charge in [0.05, 0.1) is 19.8 Å². The topological polar surface area (TPSA) is 30.5 Å². The maximum absolute atomic E-state index is 12.3. The molecule has 1 N–H and O–H groups in total. The summed E-state index contributed by atoms with van der Waals surface area (Å²) in [5.41, 5.74) is 0. The molecule has 17 heavy (non-hydrogen) atoms. The first kappa shape index (κ1) is 16.6. The first-order valence-corrected chi connectivity index (χ1v) is 5.58. The Morgan fingerprint density at radius 3 is 2.18 bits per heavy atom. The lowest BCUT2D eigenvalue weighted by atomic mass is 10.4. The van der Waals surface area contributed by atoms with Gasteiger partial charge >= 0.3 is 6.18 Å². The van der Waals surface area contributed by atoms with Gasteiger partial charge in [0, 0.05) is 13.2 Å². The number of unbranched alkanes of at least 4 members (excludes halogenated alkanes) is 1. The molecule has 0 radical (unpaired) electrons. The van der Waals surface area contributed by atoms with Crippen molar-refractivity contribution in [1.82, 2.24) is 5.32 Å². The van der Waals surface area contributed by atoms with Gasteiger partial charge in [0.2, 0.25) is 6.30 Å². The predicted molar refractivity (Wildman–Crippen MR) is 55.5 cm³/mol. The van der Waals surface area contributed by atoms with Crippen molar-refractivity contribution >= 4 is 0 Å². The number of halogens is 4. The fourth-order valence-electron chi connectivity index (χ4n) is 0.942. The Hall–Kier alpha value is -0.400. The van der Waals surface area contributed by atoms with E-state index in [2.05, 4.69) is 0 Å². The fraction of sp³-hybridized carbons (Fsp3) is 1.00. The van der Waals surface area contributed by atoms with Crippen molar-refractivity contribution in [3.63, 3.8) is 0 Å². The van der Waals surface area contributed by atoms with E-state index in [9.17, 15) is 17.6 Å². The standard InChI is InChI=1S/C10H19F4NO2/c1-2-3-5-16-7-8-17-6-4-15-9(11)10(12,13)14/h9,15H,2-8H2,1H3. The molecule has 0 aromatic carbocycles. The van der Waals surface area contributed by atoms with Crippen LogP contribution in [0, 0.1) is 0 Å². The van der Waals surface area contributed by atoms with E-state index in [1.54, 1.807) is 5.32 Å². The van der Waals surface area contributed by atoms with Crippen LogP contribution in [-0.2, 0) is 9.47 Å². The second-order valence-corrected chi connectivity index (χ2v) is 3.44. The number of ether oxygens (including phenoxy) is 2. The van der Waals surface area contributed by atoms with E-state index in [0.717, 1.165) is 12.8 Å². The average molecular weight is 261 g/mol. The number of nitrogens with one attached hydrogen (secondary N) is 1. The van der Waals surface area contributed by atoms with E-state index < -0.39 is 12.5 Å². The summed E-state index contributed by atoms with van der Waals surface area (Å²) in [6.07, 6.45) is -5.84. The van der Waals surface area contributed by atoms with Crippen molar-refractivity contribution in [2.45, 2.75) is 32.2 Å². The van der Waals surface area contributed by atoms with Crippen molar-refractivity contribution in [1.29, 1.82) is 0 Å². The predicted octanol–water partition coefficient (Wildman–Crippen LogP) is 2.27. The van der Waals surface area contributed by atoms with Crippen molar-refractivity contribution in [3.8, 4) is 0 Å². The summed E-state index contributed by atoms with van der Waals surface area (Å²) >= 11 is 0. The van der Waals surface area contributed by atoms with E-state index in [4.69, 9.17) is 9.47 Å². The molecule has 0 amide bonds. The van der Waals surface area contributed by atoms with Crippen LogP contribution in [0.25, 0.3) is 0 Å². The van der Waals surface area contributed by atoms with E-state index in [1.807, 2.05) is 6.92 Å². The van der Waals surface area contributed by atoms with Crippen LogP contribution in [-0.4, -0.2) is 45.4 Å². The van der Waals surface area contributed by atoms with Gasteiger partial charge < -0.3 is 9.47 Å². The van der Waals surface area contributed by atoms with Gasteiger partial charge in [-0.15, -0.1) is 0 Å². The molecule has 0 aromatic rings. The number of hydrogen-bond acceptors (Lipinski definition) is 3. The summed E-state index contributed by atoms with van der Waals surface area (Å²) in [4.78, 5) is 0. The molecule has 3 nitrogen and oxygen atoms in total. The number of rotatable bonds is 10. The summed E-state index contributed by atoms with van der Waals surface area (Å²) in [7, 11) is 0. The van der Waals surface area contributed by atoms with Gasteiger partial charge in [-0.05, 0) is 6.42 Å². The summed E-state index contributed by atoms with van der Waals surface area (Å²) < 4.78 is 57.5. The molecular formula is C10H19F4NO2. The van der Waals surface area contributed by atoms with Crippen LogP contribution >= 0.6 is 0 Å². The molecule has 0 aromatic heterocycles. The average Bonchev–Trinajstić information content (AvgIpc) is 2.25. The van der Waals surface area contributed by atoms with Crippen molar-refractivity contribution in [2.75, 3.05) is 33.0 Å². The van der Waals surface area contributed by atoms with Gasteiger partial charge in [-0.3, -0.25) is 5.32 Å². The zero-order chi connectivity index (χ0) is 13.1. The van der Waals surface area contributed by atoms with E-state index in [0.29, 0.717) is 19.8 Å². The van der Waals surface area contributed by atoms with Crippen molar-refractivity contribution in [3.05, 3.63) is 0 Å². The highest BCUT2D eigenvalue weighted by molar-refractivity contribution is 4.62. The third-order valence-corrected chi connectivity index (χ3v) is 1.87. The van der Waals surface area contributed by atoms with Crippen LogP contribution in [0.1, 0.15) is 19.8 Å².